The Morgan fingerprint density at radius 1 is 1.12 bits per heavy atom. The maximum absolute atomic E-state index is 12.6. The molecule has 142 valence electrons. The minimum atomic E-state index is -0.0370. The maximum atomic E-state index is 12.6. The number of carbonyl (C=O) groups excluding carboxylic acids is 1. The summed E-state index contributed by atoms with van der Waals surface area (Å²) < 4.78 is 6.08. The van der Waals surface area contributed by atoms with Gasteiger partial charge in [0.2, 0.25) is 0 Å². The number of hydrogen-bond donors (Lipinski definition) is 0. The van der Waals surface area contributed by atoms with Crippen LogP contribution in [0.25, 0.3) is 0 Å². The van der Waals surface area contributed by atoms with Crippen molar-refractivity contribution in [3.63, 3.8) is 0 Å². The number of esters is 1. The highest BCUT2D eigenvalue weighted by atomic mass is 16.5. The molecule has 0 amide bonds. The van der Waals surface area contributed by atoms with Gasteiger partial charge < -0.3 is 9.64 Å². The second-order valence-electron chi connectivity index (χ2n) is 9.38. The monoisotopic (exact) mass is 356 g/mol. The van der Waals surface area contributed by atoms with Crippen molar-refractivity contribution in [3.05, 3.63) is 30.3 Å². The van der Waals surface area contributed by atoms with E-state index < -0.39 is 0 Å². The Kier molecular flexibility index (Phi) is 4.50. The van der Waals surface area contributed by atoms with E-state index >= 15 is 0 Å². The van der Waals surface area contributed by atoms with E-state index in [0.717, 1.165) is 26.2 Å². The van der Waals surface area contributed by atoms with Crippen LogP contribution in [-0.2, 0) is 9.53 Å². The number of benzene rings is 1. The summed E-state index contributed by atoms with van der Waals surface area (Å²) >= 11 is 0. The van der Waals surface area contributed by atoms with Crippen LogP contribution in [0.1, 0.15) is 40.0 Å². The number of carbonyl (C=O) groups is 1. The van der Waals surface area contributed by atoms with Gasteiger partial charge in [-0.3, -0.25) is 9.69 Å². The lowest BCUT2D eigenvalue weighted by atomic mass is 9.70. The summed E-state index contributed by atoms with van der Waals surface area (Å²) in [5.41, 5.74) is 1.58. The van der Waals surface area contributed by atoms with E-state index in [1.54, 1.807) is 0 Å². The number of ether oxygens (including phenoxy) is 1. The standard InChI is InChI=1S/C22H32N2O2/c1-21(2)17-9-10-22(3,15-17)20(21)26-19(25)16-23-11-13-24(14-12-23)18-7-5-4-6-8-18/h4-8,17,20H,9-16H2,1-3H3/t17-,20-,22+/m0/s1. The third-order valence-electron chi connectivity index (χ3n) is 7.23. The van der Waals surface area contributed by atoms with Gasteiger partial charge in [0.1, 0.15) is 6.10 Å². The zero-order valence-corrected chi connectivity index (χ0v) is 16.4. The van der Waals surface area contributed by atoms with Crippen LogP contribution in [0.2, 0.25) is 0 Å². The highest BCUT2D eigenvalue weighted by Crippen LogP contribution is 2.63. The first-order chi connectivity index (χ1) is 12.4. The molecule has 1 aromatic rings. The van der Waals surface area contributed by atoms with Crippen LogP contribution in [0, 0.1) is 16.7 Å². The van der Waals surface area contributed by atoms with E-state index in [1.807, 2.05) is 6.07 Å². The third-order valence-corrected chi connectivity index (χ3v) is 7.23. The first-order valence-electron chi connectivity index (χ1n) is 10.1. The number of rotatable bonds is 4. The minimum Gasteiger partial charge on any atom is -0.460 e. The van der Waals surface area contributed by atoms with Crippen LogP contribution in [0.15, 0.2) is 30.3 Å². The number of piperazine rings is 1. The van der Waals surface area contributed by atoms with Crippen LogP contribution in [0.5, 0.6) is 0 Å². The summed E-state index contributed by atoms with van der Waals surface area (Å²) in [6, 6.07) is 10.5. The van der Waals surface area contributed by atoms with Crippen LogP contribution in [-0.4, -0.2) is 49.7 Å². The number of para-hydroxylation sites is 1. The van der Waals surface area contributed by atoms with E-state index in [0.29, 0.717) is 12.5 Å². The Balaban J connectivity index is 1.30. The molecule has 4 heteroatoms. The van der Waals surface area contributed by atoms with Gasteiger partial charge in [-0.15, -0.1) is 0 Å². The lowest BCUT2D eigenvalue weighted by Crippen LogP contribution is -2.50. The molecule has 3 fully saturated rings. The lowest BCUT2D eigenvalue weighted by molar-refractivity contribution is -0.165. The number of anilines is 1. The SMILES string of the molecule is CC1(C)[C@H]2CC[C@](C)(C2)[C@H]1OC(=O)CN1CCN(c2ccccc2)CC1. The second kappa shape index (κ2) is 6.56. The van der Waals surface area contributed by atoms with Crippen molar-refractivity contribution in [2.75, 3.05) is 37.6 Å². The van der Waals surface area contributed by atoms with Crippen molar-refractivity contribution >= 4 is 11.7 Å². The van der Waals surface area contributed by atoms with Crippen molar-refractivity contribution in [3.8, 4) is 0 Å². The molecule has 4 rings (SSSR count). The number of fused-ring (bicyclic) bond motifs is 2. The molecule has 1 saturated heterocycles. The Labute approximate surface area is 157 Å². The highest BCUT2D eigenvalue weighted by molar-refractivity contribution is 5.72. The molecule has 2 bridgehead atoms. The fraction of sp³-hybridized carbons (Fsp3) is 0.682. The van der Waals surface area contributed by atoms with Gasteiger partial charge in [-0.25, -0.2) is 0 Å². The van der Waals surface area contributed by atoms with Crippen molar-refractivity contribution in [1.82, 2.24) is 4.90 Å². The molecule has 3 atom stereocenters. The molecule has 0 unspecified atom stereocenters. The van der Waals surface area contributed by atoms with Gasteiger partial charge in [0, 0.05) is 42.7 Å². The molecule has 0 spiro atoms. The summed E-state index contributed by atoms with van der Waals surface area (Å²) in [4.78, 5) is 17.3. The molecule has 0 N–H and O–H groups in total. The lowest BCUT2D eigenvalue weighted by Gasteiger charge is -2.42. The molecular weight excluding hydrogens is 324 g/mol. The first kappa shape index (κ1) is 17.8. The summed E-state index contributed by atoms with van der Waals surface area (Å²) in [5.74, 6) is 0.671. The van der Waals surface area contributed by atoms with Gasteiger partial charge in [-0.1, -0.05) is 39.0 Å². The van der Waals surface area contributed by atoms with E-state index in [2.05, 4.69) is 54.8 Å². The van der Waals surface area contributed by atoms with E-state index in [4.69, 9.17) is 4.74 Å². The molecule has 0 radical (unpaired) electrons. The fourth-order valence-corrected chi connectivity index (χ4v) is 5.70. The molecule has 3 aliphatic rings. The summed E-state index contributed by atoms with van der Waals surface area (Å²) in [6.45, 7) is 11.1. The van der Waals surface area contributed by atoms with Gasteiger partial charge in [0.05, 0.1) is 6.54 Å². The van der Waals surface area contributed by atoms with Gasteiger partial charge >= 0.3 is 5.97 Å². The predicted octanol–water partition coefficient (Wildman–Crippen LogP) is 3.57. The molecule has 1 aliphatic heterocycles. The van der Waals surface area contributed by atoms with Gasteiger partial charge in [-0.2, -0.15) is 0 Å². The van der Waals surface area contributed by atoms with Crippen LogP contribution in [0.4, 0.5) is 5.69 Å². The second-order valence-corrected chi connectivity index (χ2v) is 9.38. The number of hydrogen-bond acceptors (Lipinski definition) is 4. The topological polar surface area (TPSA) is 32.8 Å². The maximum Gasteiger partial charge on any atom is 0.320 e. The molecule has 0 aromatic heterocycles. The minimum absolute atomic E-state index is 0.0370. The van der Waals surface area contributed by atoms with Crippen LogP contribution in [0.3, 0.4) is 0 Å². The zero-order chi connectivity index (χ0) is 18.4. The molecule has 1 aromatic carbocycles. The van der Waals surface area contributed by atoms with Gasteiger partial charge in [0.25, 0.3) is 0 Å². The average Bonchev–Trinajstić information content (AvgIpc) is 3.11. The Hall–Kier alpha value is -1.55. The van der Waals surface area contributed by atoms with Crippen LogP contribution < -0.4 is 4.90 Å². The largest absolute Gasteiger partial charge is 0.460 e. The smallest absolute Gasteiger partial charge is 0.320 e. The van der Waals surface area contributed by atoms with E-state index in [-0.39, 0.29) is 22.9 Å². The van der Waals surface area contributed by atoms with Crippen molar-refractivity contribution in [2.24, 2.45) is 16.7 Å². The van der Waals surface area contributed by atoms with Crippen molar-refractivity contribution < 1.29 is 9.53 Å². The molecule has 2 aliphatic carbocycles. The molecule has 2 saturated carbocycles. The van der Waals surface area contributed by atoms with Gasteiger partial charge in [0.15, 0.2) is 0 Å². The summed E-state index contributed by atoms with van der Waals surface area (Å²) in [6.07, 6.45) is 3.79. The van der Waals surface area contributed by atoms with Crippen LogP contribution >= 0.6 is 0 Å². The fourth-order valence-electron chi connectivity index (χ4n) is 5.70. The van der Waals surface area contributed by atoms with E-state index in [9.17, 15) is 4.79 Å². The average molecular weight is 357 g/mol. The Morgan fingerprint density at radius 3 is 2.42 bits per heavy atom. The summed E-state index contributed by atoms with van der Waals surface area (Å²) in [7, 11) is 0. The third kappa shape index (κ3) is 3.13. The molecular formula is C22H32N2O2. The molecule has 26 heavy (non-hydrogen) atoms. The summed E-state index contributed by atoms with van der Waals surface area (Å²) in [5, 5.41) is 0. The Bertz CT molecular complexity index is 647. The number of nitrogens with zero attached hydrogens (tertiary/aromatic N) is 2. The first-order valence-corrected chi connectivity index (χ1v) is 10.1. The predicted molar refractivity (Wildman–Crippen MR) is 104 cm³/mol. The van der Waals surface area contributed by atoms with Crippen molar-refractivity contribution in [1.29, 1.82) is 0 Å². The highest BCUT2D eigenvalue weighted by Gasteiger charge is 2.61. The normalized spacial score (nSPS) is 33.4. The molecule has 4 nitrogen and oxygen atoms in total. The quantitative estimate of drug-likeness (QED) is 0.772. The van der Waals surface area contributed by atoms with E-state index in [1.165, 1.54) is 24.9 Å². The van der Waals surface area contributed by atoms with Crippen molar-refractivity contribution in [2.45, 2.75) is 46.1 Å². The molecule has 1 heterocycles. The van der Waals surface area contributed by atoms with Gasteiger partial charge in [-0.05, 0) is 37.3 Å². The Morgan fingerprint density at radius 2 is 1.81 bits per heavy atom. The zero-order valence-electron chi connectivity index (χ0n) is 16.4.